The van der Waals surface area contributed by atoms with Crippen molar-refractivity contribution in [1.82, 2.24) is 0 Å². The third-order valence-electron chi connectivity index (χ3n) is 8.08. The van der Waals surface area contributed by atoms with Crippen molar-refractivity contribution < 1.29 is 64.8 Å². The predicted octanol–water partition coefficient (Wildman–Crippen LogP) is 6.94. The van der Waals surface area contributed by atoms with Crippen molar-refractivity contribution in [3.8, 4) is 11.5 Å². The fraction of sp³-hybridized carbons (Fsp3) is 0.387. The molecule has 0 fully saturated rings. The van der Waals surface area contributed by atoms with E-state index in [1.165, 1.54) is 30.7 Å². The topological polar surface area (TPSA) is 53.7 Å². The van der Waals surface area contributed by atoms with Crippen molar-refractivity contribution in [2.45, 2.75) is 61.6 Å². The fourth-order valence-corrected chi connectivity index (χ4v) is 5.42. The number of aromatic nitrogens is 1. The van der Waals surface area contributed by atoms with Gasteiger partial charge in [0.1, 0.15) is 12.8 Å². The smallest absolute Gasteiger partial charge is 0.417 e. The number of carbonyl (C=O) groups is 1. The van der Waals surface area contributed by atoms with Gasteiger partial charge in [0.2, 0.25) is 0 Å². The summed E-state index contributed by atoms with van der Waals surface area (Å²) in [5.41, 5.74) is 4.99. The Balaban J connectivity index is 0.00000588. The zero-order valence-electron chi connectivity index (χ0n) is 25.5. The first-order valence-electron chi connectivity index (χ1n) is 12.8. The van der Waals surface area contributed by atoms with E-state index in [-0.39, 0.29) is 49.5 Å². The maximum atomic E-state index is 14.0. The van der Waals surface area contributed by atoms with Crippen molar-refractivity contribution in [3.63, 3.8) is 0 Å². The number of amides is 2. The third-order valence-corrected chi connectivity index (χ3v) is 8.08. The van der Waals surface area contributed by atoms with E-state index in [1.54, 1.807) is 50.8 Å². The standard InChI is InChI=1S/C31H36F3N3O3.Y/c1-16-17(2)26(31(32,33)34)23(8)28(18(16)3)37(11)30(39)36(10)27-19(4)21(6)29(22(7)20(27)5)40-25-12-13-35(9)24(14-25)15-38;/h12-14H,1-11H3;. The minimum atomic E-state index is -4.55. The Morgan fingerprint density at radius 1 is 0.805 bits per heavy atom. The molecule has 217 valence electrons. The van der Waals surface area contributed by atoms with Gasteiger partial charge >= 0.3 is 12.2 Å². The number of ether oxygens (including phenoxy) is 1. The van der Waals surface area contributed by atoms with E-state index in [1.807, 2.05) is 34.0 Å². The summed E-state index contributed by atoms with van der Waals surface area (Å²) in [5, 5.41) is 0. The molecule has 2 aromatic carbocycles. The van der Waals surface area contributed by atoms with E-state index >= 15 is 0 Å². The maximum Gasteiger partial charge on any atom is 0.417 e. The molecule has 0 saturated carbocycles. The van der Waals surface area contributed by atoms with Crippen LogP contribution in [0.4, 0.5) is 29.3 Å². The molecule has 0 spiro atoms. The van der Waals surface area contributed by atoms with E-state index in [0.29, 0.717) is 34.0 Å². The van der Waals surface area contributed by atoms with E-state index in [2.05, 4.69) is 0 Å². The van der Waals surface area contributed by atoms with Crippen LogP contribution < -0.4 is 19.1 Å². The number of benzene rings is 2. The summed E-state index contributed by atoms with van der Waals surface area (Å²) in [6.45, 7) is 13.8. The monoisotopic (exact) mass is 644 g/mol. The second-order valence-corrected chi connectivity index (χ2v) is 10.4. The number of nitrogens with zero attached hydrogens (tertiary/aromatic N) is 3. The summed E-state index contributed by atoms with van der Waals surface area (Å²) < 4.78 is 49.8. The zero-order chi connectivity index (χ0) is 30.4. The molecular weight excluding hydrogens is 608 g/mol. The molecule has 2 amide bonds. The largest absolute Gasteiger partial charge is 0.475 e. The number of halogens is 3. The van der Waals surface area contributed by atoms with Gasteiger partial charge < -0.3 is 9.53 Å². The number of anilines is 2. The van der Waals surface area contributed by atoms with E-state index in [0.717, 1.165) is 22.3 Å². The SMILES string of the molecule is Cc1c(C)c(N(C)C(=O)N(C)c2c(C)c(C)c(Oc3cc[n+](C)c([C-]=O)c3)c(C)c2C)c(C)c(C(F)(F)F)c1C.[Y]. The molecule has 0 aliphatic rings. The van der Waals surface area contributed by atoms with Gasteiger partial charge in [-0.3, -0.25) is 9.80 Å². The van der Waals surface area contributed by atoms with Crippen molar-refractivity contribution in [1.29, 1.82) is 0 Å². The van der Waals surface area contributed by atoms with Gasteiger partial charge in [0.05, 0.1) is 34.7 Å². The van der Waals surface area contributed by atoms with Gasteiger partial charge in [0, 0.05) is 52.9 Å². The first-order chi connectivity index (χ1) is 18.4. The first-order valence-corrected chi connectivity index (χ1v) is 12.8. The minimum Gasteiger partial charge on any atom is -0.475 e. The summed E-state index contributed by atoms with van der Waals surface area (Å²) in [7, 11) is 4.85. The molecule has 6 nitrogen and oxygen atoms in total. The number of alkyl halides is 3. The predicted molar refractivity (Wildman–Crippen MR) is 150 cm³/mol. The molecular formula is C31H36F3N3O3Y. The summed E-state index contributed by atoms with van der Waals surface area (Å²) in [6, 6.07) is 2.87. The number of urea groups is 1. The van der Waals surface area contributed by atoms with Crippen LogP contribution in [0.1, 0.15) is 55.8 Å². The molecule has 0 N–H and O–H groups in total. The number of carbonyl (C=O) groups excluding carboxylic acids is 2. The average molecular weight is 645 g/mol. The molecule has 3 rings (SSSR count). The van der Waals surface area contributed by atoms with Crippen LogP contribution in [0.2, 0.25) is 0 Å². The van der Waals surface area contributed by atoms with Crippen LogP contribution in [0.5, 0.6) is 11.5 Å². The molecule has 1 radical (unpaired) electrons. The molecule has 10 heteroatoms. The molecule has 1 heterocycles. The van der Waals surface area contributed by atoms with E-state index in [9.17, 15) is 22.8 Å². The Bertz CT molecular complexity index is 1500. The van der Waals surface area contributed by atoms with Crippen LogP contribution in [0.3, 0.4) is 0 Å². The third kappa shape index (κ3) is 6.21. The van der Waals surface area contributed by atoms with Crippen LogP contribution >= 0.6 is 0 Å². The van der Waals surface area contributed by atoms with Crippen LogP contribution in [0, 0.1) is 55.4 Å². The van der Waals surface area contributed by atoms with Crippen LogP contribution in [0.25, 0.3) is 0 Å². The number of pyridine rings is 1. The second-order valence-electron chi connectivity index (χ2n) is 10.4. The second kappa shape index (κ2) is 12.6. The van der Waals surface area contributed by atoms with Gasteiger partial charge in [-0.1, -0.05) is 6.07 Å². The zero-order valence-corrected chi connectivity index (χ0v) is 28.3. The Hall–Kier alpha value is -2.78. The number of hydrogen-bond acceptors (Lipinski definition) is 3. The molecule has 3 aromatic rings. The molecule has 1 aromatic heterocycles. The molecule has 0 aliphatic carbocycles. The van der Waals surface area contributed by atoms with E-state index < -0.39 is 17.8 Å². The molecule has 0 aliphatic heterocycles. The van der Waals surface area contributed by atoms with Gasteiger partial charge in [-0.05, 0) is 99.9 Å². The van der Waals surface area contributed by atoms with Gasteiger partial charge in [-0.2, -0.15) is 13.2 Å². The molecule has 0 atom stereocenters. The Morgan fingerprint density at radius 3 is 1.73 bits per heavy atom. The van der Waals surface area contributed by atoms with Gasteiger partial charge in [-0.25, -0.2) is 9.36 Å². The van der Waals surface area contributed by atoms with Crippen molar-refractivity contribution in [3.05, 3.63) is 74.1 Å². The minimum absolute atomic E-state index is 0. The van der Waals surface area contributed by atoms with Crippen molar-refractivity contribution >= 4 is 23.7 Å². The van der Waals surface area contributed by atoms with Crippen LogP contribution in [-0.4, -0.2) is 26.4 Å². The van der Waals surface area contributed by atoms with Crippen LogP contribution in [0.15, 0.2) is 18.3 Å². The number of hydrogen-bond donors (Lipinski definition) is 0. The van der Waals surface area contributed by atoms with Gasteiger partial charge in [-0.15, -0.1) is 0 Å². The number of rotatable bonds is 5. The Kier molecular flexibility index (Phi) is 10.6. The summed E-state index contributed by atoms with van der Waals surface area (Å²) in [6.07, 6.45) is -0.959. The normalized spacial score (nSPS) is 11.2. The Labute approximate surface area is 265 Å². The van der Waals surface area contributed by atoms with E-state index in [4.69, 9.17) is 4.74 Å². The van der Waals surface area contributed by atoms with Crippen LogP contribution in [-0.2, 0) is 50.7 Å². The molecule has 0 bridgehead atoms. The quantitative estimate of drug-likeness (QED) is 0.224. The fourth-order valence-electron chi connectivity index (χ4n) is 5.42. The summed E-state index contributed by atoms with van der Waals surface area (Å²) in [5.74, 6) is 1.08. The van der Waals surface area contributed by atoms with Gasteiger partial charge in [0.15, 0.2) is 6.20 Å². The molecule has 41 heavy (non-hydrogen) atoms. The average Bonchev–Trinajstić information content (AvgIpc) is 2.88. The number of aryl methyl sites for hydroxylation is 1. The van der Waals surface area contributed by atoms with Crippen molar-refractivity contribution in [2.24, 2.45) is 7.05 Å². The first kappa shape index (κ1) is 34.4. The van der Waals surface area contributed by atoms with Gasteiger partial charge in [0.25, 0.3) is 0 Å². The summed E-state index contributed by atoms with van der Waals surface area (Å²) in [4.78, 5) is 27.8. The van der Waals surface area contributed by atoms with Crippen molar-refractivity contribution in [2.75, 3.05) is 23.9 Å². The Morgan fingerprint density at radius 2 is 1.27 bits per heavy atom. The molecule has 0 unspecified atom stereocenters. The maximum absolute atomic E-state index is 14.0. The summed E-state index contributed by atoms with van der Waals surface area (Å²) >= 11 is 0. The molecule has 0 saturated heterocycles.